The lowest BCUT2D eigenvalue weighted by molar-refractivity contribution is -0.137. The Hall–Kier alpha value is -1.18. The molecule has 0 radical (unpaired) electrons. The van der Waals surface area contributed by atoms with Crippen LogP contribution in [0.15, 0.2) is 18.2 Å². The summed E-state index contributed by atoms with van der Waals surface area (Å²) in [6.07, 6.45) is -2.58. The smallest absolute Gasteiger partial charge is 0.396 e. The highest BCUT2D eigenvalue weighted by Gasteiger charge is 2.62. The van der Waals surface area contributed by atoms with Crippen LogP contribution in [0, 0.1) is 17.7 Å². The molecule has 0 saturated carbocycles. The van der Waals surface area contributed by atoms with Crippen molar-refractivity contribution in [3.63, 3.8) is 0 Å². The van der Waals surface area contributed by atoms with Crippen molar-refractivity contribution in [1.82, 2.24) is 4.90 Å². The fourth-order valence-electron chi connectivity index (χ4n) is 4.76. The van der Waals surface area contributed by atoms with Gasteiger partial charge in [-0.2, -0.15) is 13.2 Å². The van der Waals surface area contributed by atoms with Crippen molar-refractivity contribution in [2.24, 2.45) is 11.8 Å². The molecule has 24 heavy (non-hydrogen) atoms. The van der Waals surface area contributed by atoms with Gasteiger partial charge in [0.25, 0.3) is 0 Å². The van der Waals surface area contributed by atoms with Gasteiger partial charge in [0, 0.05) is 43.6 Å². The number of nitrogens with zero attached hydrogens (tertiary/aromatic N) is 1. The molecule has 2 bridgehead atoms. The lowest BCUT2D eigenvalue weighted by Crippen LogP contribution is -2.37. The van der Waals surface area contributed by atoms with Crippen molar-refractivity contribution < 1.29 is 27.4 Å². The van der Waals surface area contributed by atoms with Crippen molar-refractivity contribution in [2.45, 2.75) is 37.3 Å². The second kappa shape index (κ2) is 5.41. The van der Waals surface area contributed by atoms with Gasteiger partial charge in [-0.15, -0.1) is 0 Å². The first-order chi connectivity index (χ1) is 11.3. The molecule has 1 aromatic rings. The zero-order valence-corrected chi connectivity index (χ0v) is 13.0. The van der Waals surface area contributed by atoms with Crippen molar-refractivity contribution in [3.8, 4) is 0 Å². The van der Waals surface area contributed by atoms with E-state index in [1.54, 1.807) is 0 Å². The van der Waals surface area contributed by atoms with Gasteiger partial charge in [0.1, 0.15) is 5.82 Å². The number of benzene rings is 1. The predicted octanol–water partition coefficient (Wildman–Crippen LogP) is 2.82. The van der Waals surface area contributed by atoms with Crippen LogP contribution in [-0.4, -0.2) is 41.4 Å². The molecule has 3 aliphatic rings. The molecule has 0 unspecified atom stereocenters. The molecule has 1 aromatic carbocycles. The average molecular weight is 345 g/mol. The molecule has 4 rings (SSSR count). The Balaban J connectivity index is 1.54. The number of alkyl halides is 3. The summed E-state index contributed by atoms with van der Waals surface area (Å²) in [5.74, 6) is -0.369. The summed E-state index contributed by atoms with van der Waals surface area (Å²) in [5, 5.41) is 9.59. The number of hydrogen-bond acceptors (Lipinski definition) is 3. The maximum atomic E-state index is 14.0. The van der Waals surface area contributed by atoms with Crippen LogP contribution in [0.1, 0.15) is 24.0 Å². The molecule has 1 N–H and O–H groups in total. The van der Waals surface area contributed by atoms with E-state index in [0.29, 0.717) is 13.1 Å². The van der Waals surface area contributed by atoms with Crippen LogP contribution in [0.5, 0.6) is 0 Å². The van der Waals surface area contributed by atoms with Crippen LogP contribution in [-0.2, 0) is 17.5 Å². The van der Waals surface area contributed by atoms with E-state index < -0.39 is 17.6 Å². The van der Waals surface area contributed by atoms with Gasteiger partial charge in [-0.3, -0.25) is 4.90 Å². The number of ether oxygens (including phenoxy) is 1. The molecule has 1 spiro atoms. The molecule has 3 heterocycles. The Morgan fingerprint density at radius 3 is 2.83 bits per heavy atom. The zero-order valence-electron chi connectivity index (χ0n) is 13.0. The van der Waals surface area contributed by atoms with Crippen molar-refractivity contribution in [2.75, 3.05) is 19.7 Å². The molecule has 3 fully saturated rings. The molecule has 0 aliphatic carbocycles. The van der Waals surface area contributed by atoms with Crippen LogP contribution in [0.25, 0.3) is 0 Å². The van der Waals surface area contributed by atoms with E-state index in [1.807, 2.05) is 4.90 Å². The van der Waals surface area contributed by atoms with Gasteiger partial charge in [0.15, 0.2) is 0 Å². The summed E-state index contributed by atoms with van der Waals surface area (Å²) >= 11 is 0. The first-order valence-electron chi connectivity index (χ1n) is 8.19. The SMILES string of the molecule is OC[C@H]1[C@H]2CN(Cc3cc(C(F)(F)F)ccc3F)C[C@]23CC[C@H]1O3. The lowest BCUT2D eigenvalue weighted by Gasteiger charge is -2.28. The lowest BCUT2D eigenvalue weighted by atomic mass is 9.74. The highest BCUT2D eigenvalue weighted by Crippen LogP contribution is 2.54. The highest BCUT2D eigenvalue weighted by atomic mass is 19.4. The van der Waals surface area contributed by atoms with E-state index in [0.717, 1.165) is 31.0 Å². The van der Waals surface area contributed by atoms with E-state index in [9.17, 15) is 22.7 Å². The molecular formula is C17H19F4NO2. The zero-order chi connectivity index (χ0) is 17.1. The van der Waals surface area contributed by atoms with Gasteiger partial charge in [-0.25, -0.2) is 4.39 Å². The van der Waals surface area contributed by atoms with Crippen LogP contribution in [0.2, 0.25) is 0 Å². The molecule has 3 saturated heterocycles. The van der Waals surface area contributed by atoms with Crippen LogP contribution in [0.3, 0.4) is 0 Å². The van der Waals surface area contributed by atoms with Crippen LogP contribution < -0.4 is 0 Å². The fraction of sp³-hybridized carbons (Fsp3) is 0.647. The van der Waals surface area contributed by atoms with Crippen molar-refractivity contribution in [3.05, 3.63) is 35.1 Å². The summed E-state index contributed by atoms with van der Waals surface area (Å²) in [5.41, 5.74) is -1.09. The van der Waals surface area contributed by atoms with E-state index in [2.05, 4.69) is 0 Å². The minimum atomic E-state index is -4.48. The molecule has 0 aromatic heterocycles. The van der Waals surface area contributed by atoms with Crippen molar-refractivity contribution >= 4 is 0 Å². The van der Waals surface area contributed by atoms with E-state index >= 15 is 0 Å². The number of hydrogen-bond donors (Lipinski definition) is 1. The van der Waals surface area contributed by atoms with E-state index in [4.69, 9.17) is 4.74 Å². The number of rotatable bonds is 3. The minimum absolute atomic E-state index is 0.0521. The summed E-state index contributed by atoms with van der Waals surface area (Å²) in [4.78, 5) is 1.95. The van der Waals surface area contributed by atoms with Gasteiger partial charge >= 0.3 is 6.18 Å². The van der Waals surface area contributed by atoms with Gasteiger partial charge in [0.2, 0.25) is 0 Å². The largest absolute Gasteiger partial charge is 0.416 e. The Morgan fingerprint density at radius 2 is 2.12 bits per heavy atom. The topological polar surface area (TPSA) is 32.7 Å². The number of aliphatic hydroxyl groups is 1. The molecule has 0 amide bonds. The quantitative estimate of drug-likeness (QED) is 0.855. The van der Waals surface area contributed by atoms with Gasteiger partial charge in [-0.05, 0) is 31.0 Å². The normalized spacial score (nSPS) is 35.6. The number of halogens is 4. The third kappa shape index (κ3) is 2.45. The first kappa shape index (κ1) is 16.3. The second-order valence-electron chi connectivity index (χ2n) is 7.19. The monoisotopic (exact) mass is 345 g/mol. The molecule has 7 heteroatoms. The third-order valence-electron chi connectivity index (χ3n) is 5.83. The summed E-state index contributed by atoms with van der Waals surface area (Å²) in [6, 6.07) is 2.54. The van der Waals surface area contributed by atoms with Crippen molar-refractivity contribution in [1.29, 1.82) is 0 Å². The standard InChI is InChI=1S/C17H19F4NO2/c18-14-2-1-11(17(19,20)21)5-10(14)6-22-7-13-12(8-23)15-3-4-16(13,9-22)24-15/h1-2,5,12-13,15,23H,3-4,6-9H2/t12-,13+,15+,16+/m0/s1. The number of aliphatic hydroxyl groups excluding tert-OH is 1. The summed E-state index contributed by atoms with van der Waals surface area (Å²) < 4.78 is 58.6. The summed E-state index contributed by atoms with van der Waals surface area (Å²) in [6.45, 7) is 1.39. The Labute approximate surface area is 137 Å². The van der Waals surface area contributed by atoms with Crippen LogP contribution in [0.4, 0.5) is 17.6 Å². The molecule has 3 nitrogen and oxygen atoms in total. The van der Waals surface area contributed by atoms with Gasteiger partial charge in [0.05, 0.1) is 17.3 Å². The van der Waals surface area contributed by atoms with Crippen LogP contribution >= 0.6 is 0 Å². The Bertz CT molecular complexity index is 650. The van der Waals surface area contributed by atoms with E-state index in [1.165, 1.54) is 0 Å². The number of fused-ring (bicyclic) bond motifs is 1. The second-order valence-corrected chi connectivity index (χ2v) is 7.19. The minimum Gasteiger partial charge on any atom is -0.396 e. The molecular weight excluding hydrogens is 326 g/mol. The third-order valence-corrected chi connectivity index (χ3v) is 5.83. The van der Waals surface area contributed by atoms with Gasteiger partial charge < -0.3 is 9.84 Å². The maximum absolute atomic E-state index is 14.0. The molecule has 132 valence electrons. The number of likely N-dealkylation sites (tertiary alicyclic amines) is 1. The summed E-state index contributed by atoms with van der Waals surface area (Å²) in [7, 11) is 0. The Morgan fingerprint density at radius 1 is 1.33 bits per heavy atom. The highest BCUT2D eigenvalue weighted by molar-refractivity contribution is 5.27. The average Bonchev–Trinajstić information content (AvgIpc) is 3.15. The Kier molecular flexibility index (Phi) is 3.67. The van der Waals surface area contributed by atoms with E-state index in [-0.39, 0.29) is 42.3 Å². The molecule has 3 aliphatic heterocycles. The predicted molar refractivity (Wildman–Crippen MR) is 77.6 cm³/mol. The van der Waals surface area contributed by atoms with Gasteiger partial charge in [-0.1, -0.05) is 0 Å². The fourth-order valence-corrected chi connectivity index (χ4v) is 4.76. The maximum Gasteiger partial charge on any atom is 0.416 e. The first-order valence-corrected chi connectivity index (χ1v) is 8.19. The molecule has 4 atom stereocenters.